The molecule has 7 heteroatoms. The van der Waals surface area contributed by atoms with Crippen LogP contribution in [0.4, 0.5) is 5.69 Å². The molecule has 3 amide bonds. The maximum atomic E-state index is 12.3. The first-order valence-corrected chi connectivity index (χ1v) is 8.10. The summed E-state index contributed by atoms with van der Waals surface area (Å²) in [6.07, 6.45) is 3.23. The van der Waals surface area contributed by atoms with E-state index < -0.39 is 11.8 Å². The van der Waals surface area contributed by atoms with Crippen LogP contribution in [0.1, 0.15) is 35.9 Å². The van der Waals surface area contributed by atoms with E-state index in [-0.39, 0.29) is 23.7 Å². The van der Waals surface area contributed by atoms with Gasteiger partial charge in [-0.2, -0.15) is 0 Å². The van der Waals surface area contributed by atoms with Crippen molar-refractivity contribution in [3.63, 3.8) is 0 Å². The molecule has 2 aromatic rings. The number of rotatable bonds is 7. The maximum absolute atomic E-state index is 12.3. The zero-order valence-electron chi connectivity index (χ0n) is 14.0. The molecule has 1 aromatic carbocycles. The monoisotopic (exact) mass is 343 g/mol. The molecule has 0 spiro atoms. The standard InChI is InChI=1S/C18H21N3O4/c1-2-3-10-19-17(23)18(24)21-15-9-5-4-8-14(15)16(22)20-12-13-7-6-11-25-13/h4-9,11H,2-3,10,12H2,1H3,(H,19,23)(H,20,22)(H,21,24). The van der Waals surface area contributed by atoms with Gasteiger partial charge in [0.05, 0.1) is 24.1 Å². The highest BCUT2D eigenvalue weighted by molar-refractivity contribution is 6.40. The second kappa shape index (κ2) is 9.27. The van der Waals surface area contributed by atoms with Crippen LogP contribution in [-0.2, 0) is 16.1 Å². The third-order valence-corrected chi connectivity index (χ3v) is 3.45. The molecule has 132 valence electrons. The van der Waals surface area contributed by atoms with Crippen molar-refractivity contribution in [1.29, 1.82) is 0 Å². The Morgan fingerprint density at radius 1 is 1.00 bits per heavy atom. The van der Waals surface area contributed by atoms with Crippen molar-refractivity contribution in [3.8, 4) is 0 Å². The summed E-state index contributed by atoms with van der Waals surface area (Å²) in [4.78, 5) is 36.0. The van der Waals surface area contributed by atoms with E-state index >= 15 is 0 Å². The van der Waals surface area contributed by atoms with Crippen LogP contribution in [0, 0.1) is 0 Å². The van der Waals surface area contributed by atoms with Crippen LogP contribution in [0.25, 0.3) is 0 Å². The molecule has 0 saturated carbocycles. The Labute approximate surface area is 145 Å². The second-order valence-electron chi connectivity index (χ2n) is 5.37. The van der Waals surface area contributed by atoms with Gasteiger partial charge in [-0.3, -0.25) is 14.4 Å². The normalized spacial score (nSPS) is 10.1. The van der Waals surface area contributed by atoms with Crippen LogP contribution in [0.2, 0.25) is 0 Å². The number of carbonyl (C=O) groups excluding carboxylic acids is 3. The number of hydrogen-bond acceptors (Lipinski definition) is 4. The van der Waals surface area contributed by atoms with E-state index in [4.69, 9.17) is 4.42 Å². The van der Waals surface area contributed by atoms with E-state index in [9.17, 15) is 14.4 Å². The molecule has 0 unspecified atom stereocenters. The second-order valence-corrected chi connectivity index (χ2v) is 5.37. The van der Waals surface area contributed by atoms with Crippen LogP contribution in [0.3, 0.4) is 0 Å². The number of hydrogen-bond donors (Lipinski definition) is 3. The minimum absolute atomic E-state index is 0.228. The smallest absolute Gasteiger partial charge is 0.313 e. The summed E-state index contributed by atoms with van der Waals surface area (Å²) >= 11 is 0. The number of unbranched alkanes of at least 4 members (excludes halogenated alkanes) is 1. The average Bonchev–Trinajstić information content (AvgIpc) is 3.13. The Morgan fingerprint density at radius 3 is 2.52 bits per heavy atom. The van der Waals surface area contributed by atoms with E-state index in [1.54, 1.807) is 36.4 Å². The molecule has 0 aliphatic heterocycles. The number of anilines is 1. The third-order valence-electron chi connectivity index (χ3n) is 3.45. The molecular weight excluding hydrogens is 322 g/mol. The van der Waals surface area contributed by atoms with E-state index in [0.717, 1.165) is 12.8 Å². The minimum atomic E-state index is -0.803. The molecule has 0 atom stereocenters. The maximum Gasteiger partial charge on any atom is 0.313 e. The van der Waals surface area contributed by atoms with E-state index in [2.05, 4.69) is 16.0 Å². The predicted molar refractivity (Wildman–Crippen MR) is 92.9 cm³/mol. The number of amides is 3. The fourth-order valence-corrected chi connectivity index (χ4v) is 2.10. The number of nitrogens with one attached hydrogen (secondary N) is 3. The summed E-state index contributed by atoms with van der Waals surface area (Å²) in [6, 6.07) is 9.97. The Kier molecular flexibility index (Phi) is 6.76. The quantitative estimate of drug-likeness (QED) is 0.529. The van der Waals surface area contributed by atoms with Crippen molar-refractivity contribution in [1.82, 2.24) is 10.6 Å². The molecule has 7 nitrogen and oxygen atoms in total. The topological polar surface area (TPSA) is 100 Å². The summed E-state index contributed by atoms with van der Waals surface area (Å²) in [5.41, 5.74) is 0.541. The molecular formula is C18H21N3O4. The van der Waals surface area contributed by atoms with Crippen LogP contribution >= 0.6 is 0 Å². The lowest BCUT2D eigenvalue weighted by molar-refractivity contribution is -0.136. The molecule has 1 aromatic heterocycles. The van der Waals surface area contributed by atoms with Crippen molar-refractivity contribution in [2.24, 2.45) is 0 Å². The molecule has 2 rings (SSSR count). The summed E-state index contributed by atoms with van der Waals surface area (Å²) in [6.45, 7) is 2.66. The molecule has 25 heavy (non-hydrogen) atoms. The van der Waals surface area contributed by atoms with Gasteiger partial charge in [0.25, 0.3) is 5.91 Å². The molecule has 0 radical (unpaired) electrons. The number of furan rings is 1. The van der Waals surface area contributed by atoms with Gasteiger partial charge in [-0.25, -0.2) is 0 Å². The summed E-state index contributed by atoms with van der Waals surface area (Å²) in [7, 11) is 0. The van der Waals surface area contributed by atoms with Gasteiger partial charge < -0.3 is 20.4 Å². The highest BCUT2D eigenvalue weighted by Crippen LogP contribution is 2.15. The van der Waals surface area contributed by atoms with Gasteiger partial charge in [-0.05, 0) is 30.7 Å². The van der Waals surface area contributed by atoms with Gasteiger partial charge in [0.2, 0.25) is 0 Å². The first kappa shape index (κ1) is 18.3. The summed E-state index contributed by atoms with van der Waals surface area (Å²) < 4.78 is 5.16. The third kappa shape index (κ3) is 5.49. The van der Waals surface area contributed by atoms with Gasteiger partial charge in [0, 0.05) is 6.54 Å². The molecule has 0 fully saturated rings. The van der Waals surface area contributed by atoms with E-state index in [1.807, 2.05) is 6.92 Å². The molecule has 0 aliphatic rings. The van der Waals surface area contributed by atoms with Crippen molar-refractivity contribution in [2.45, 2.75) is 26.3 Å². The Balaban J connectivity index is 1.98. The van der Waals surface area contributed by atoms with Gasteiger partial charge in [-0.15, -0.1) is 0 Å². The SMILES string of the molecule is CCCCNC(=O)C(=O)Nc1ccccc1C(=O)NCc1ccco1. The summed E-state index contributed by atoms with van der Waals surface area (Å²) in [5, 5.41) is 7.71. The van der Waals surface area contributed by atoms with E-state index in [0.29, 0.717) is 12.3 Å². The lowest BCUT2D eigenvalue weighted by Crippen LogP contribution is -2.36. The number of benzene rings is 1. The van der Waals surface area contributed by atoms with E-state index in [1.165, 1.54) is 6.26 Å². The zero-order chi connectivity index (χ0) is 18.1. The largest absolute Gasteiger partial charge is 0.467 e. The molecule has 1 heterocycles. The number of carbonyl (C=O) groups is 3. The van der Waals surface area contributed by atoms with Crippen LogP contribution in [0.15, 0.2) is 47.1 Å². The lowest BCUT2D eigenvalue weighted by Gasteiger charge is -2.11. The van der Waals surface area contributed by atoms with Crippen LogP contribution < -0.4 is 16.0 Å². The lowest BCUT2D eigenvalue weighted by atomic mass is 10.1. The van der Waals surface area contributed by atoms with Gasteiger partial charge in [0.1, 0.15) is 5.76 Å². The van der Waals surface area contributed by atoms with Gasteiger partial charge in [-0.1, -0.05) is 25.5 Å². The highest BCUT2D eigenvalue weighted by Gasteiger charge is 2.17. The molecule has 3 N–H and O–H groups in total. The van der Waals surface area contributed by atoms with Crippen molar-refractivity contribution < 1.29 is 18.8 Å². The fourth-order valence-electron chi connectivity index (χ4n) is 2.10. The fraction of sp³-hybridized carbons (Fsp3) is 0.278. The van der Waals surface area contributed by atoms with Gasteiger partial charge in [0.15, 0.2) is 0 Å². The Morgan fingerprint density at radius 2 is 1.80 bits per heavy atom. The Hall–Kier alpha value is -3.09. The number of para-hydroxylation sites is 1. The van der Waals surface area contributed by atoms with Crippen molar-refractivity contribution in [3.05, 3.63) is 54.0 Å². The van der Waals surface area contributed by atoms with Crippen LogP contribution in [-0.4, -0.2) is 24.3 Å². The first-order valence-electron chi connectivity index (χ1n) is 8.10. The predicted octanol–water partition coefficient (Wildman–Crippen LogP) is 2.06. The first-order chi connectivity index (χ1) is 12.1. The zero-order valence-corrected chi connectivity index (χ0v) is 14.0. The van der Waals surface area contributed by atoms with Gasteiger partial charge >= 0.3 is 11.8 Å². The summed E-state index contributed by atoms with van der Waals surface area (Å²) in [5.74, 6) is -1.29. The molecule has 0 aliphatic carbocycles. The van der Waals surface area contributed by atoms with Crippen molar-refractivity contribution in [2.75, 3.05) is 11.9 Å². The Bertz CT molecular complexity index is 726. The minimum Gasteiger partial charge on any atom is -0.467 e. The highest BCUT2D eigenvalue weighted by atomic mass is 16.3. The molecule has 0 bridgehead atoms. The average molecular weight is 343 g/mol. The molecule has 0 saturated heterocycles. The van der Waals surface area contributed by atoms with Crippen molar-refractivity contribution >= 4 is 23.4 Å². The van der Waals surface area contributed by atoms with Crippen LogP contribution in [0.5, 0.6) is 0 Å².